The second kappa shape index (κ2) is 4.80. The van der Waals surface area contributed by atoms with Gasteiger partial charge in [-0.1, -0.05) is 25.0 Å². The fourth-order valence-corrected chi connectivity index (χ4v) is 5.35. The van der Waals surface area contributed by atoms with Crippen LogP contribution in [0.5, 0.6) is 0 Å². The standard InChI is InChI=1S/C14H20N2O2S/c15-12-6-2-4-8-14(12)19(17,18)16-10-9-11-5-1-3-7-13(11)16/h2,4,6,8,11,13H,1,3,5,7,9-10,15H2. The molecule has 1 aromatic carbocycles. The fraction of sp³-hybridized carbons (Fsp3) is 0.571. The molecule has 1 saturated heterocycles. The van der Waals surface area contributed by atoms with Gasteiger partial charge in [-0.2, -0.15) is 4.31 Å². The molecule has 2 unspecified atom stereocenters. The summed E-state index contributed by atoms with van der Waals surface area (Å²) in [5.41, 5.74) is 6.19. The molecule has 2 fully saturated rings. The van der Waals surface area contributed by atoms with E-state index in [0.717, 1.165) is 19.3 Å². The van der Waals surface area contributed by atoms with Gasteiger partial charge in [-0.15, -0.1) is 0 Å². The predicted octanol–water partition coefficient (Wildman–Crippen LogP) is 2.22. The average molecular weight is 280 g/mol. The first-order chi connectivity index (χ1) is 9.10. The molecular formula is C14H20N2O2S. The van der Waals surface area contributed by atoms with Crippen molar-refractivity contribution in [1.29, 1.82) is 0 Å². The Morgan fingerprint density at radius 2 is 1.84 bits per heavy atom. The lowest BCUT2D eigenvalue weighted by molar-refractivity contribution is 0.260. The van der Waals surface area contributed by atoms with E-state index in [-0.39, 0.29) is 10.9 Å². The quantitative estimate of drug-likeness (QED) is 0.845. The number of benzene rings is 1. The van der Waals surface area contributed by atoms with Crippen LogP contribution in [0.3, 0.4) is 0 Å². The molecular weight excluding hydrogens is 260 g/mol. The smallest absolute Gasteiger partial charge is 0.245 e. The van der Waals surface area contributed by atoms with E-state index in [1.54, 1.807) is 28.6 Å². The topological polar surface area (TPSA) is 63.4 Å². The number of nitrogens with two attached hydrogens (primary N) is 1. The second-order valence-electron chi connectivity index (χ2n) is 5.55. The minimum absolute atomic E-state index is 0.193. The van der Waals surface area contributed by atoms with E-state index in [9.17, 15) is 8.42 Å². The van der Waals surface area contributed by atoms with Crippen LogP contribution in [-0.2, 0) is 10.0 Å². The van der Waals surface area contributed by atoms with Crippen molar-refractivity contribution in [1.82, 2.24) is 4.31 Å². The van der Waals surface area contributed by atoms with Crippen molar-refractivity contribution in [3.05, 3.63) is 24.3 Å². The van der Waals surface area contributed by atoms with E-state index < -0.39 is 10.0 Å². The van der Waals surface area contributed by atoms with E-state index in [4.69, 9.17) is 5.73 Å². The average Bonchev–Trinajstić information content (AvgIpc) is 2.83. The van der Waals surface area contributed by atoms with Crippen molar-refractivity contribution in [3.8, 4) is 0 Å². The van der Waals surface area contributed by atoms with Gasteiger partial charge < -0.3 is 5.73 Å². The van der Waals surface area contributed by atoms with Crippen LogP contribution in [0.4, 0.5) is 5.69 Å². The molecule has 1 aliphatic carbocycles. The maximum atomic E-state index is 12.8. The van der Waals surface area contributed by atoms with E-state index in [1.807, 2.05) is 0 Å². The van der Waals surface area contributed by atoms with Gasteiger partial charge in [0.25, 0.3) is 0 Å². The van der Waals surface area contributed by atoms with Gasteiger partial charge in [0.1, 0.15) is 4.90 Å². The summed E-state index contributed by atoms with van der Waals surface area (Å²) in [4.78, 5) is 0.265. The molecule has 0 amide bonds. The summed E-state index contributed by atoms with van der Waals surface area (Å²) in [5.74, 6) is 0.550. The molecule has 2 aliphatic rings. The van der Waals surface area contributed by atoms with Crippen molar-refractivity contribution in [2.24, 2.45) is 5.92 Å². The van der Waals surface area contributed by atoms with E-state index >= 15 is 0 Å². The maximum absolute atomic E-state index is 12.8. The minimum atomic E-state index is -3.43. The molecule has 5 heteroatoms. The molecule has 0 aromatic heterocycles. The molecule has 2 N–H and O–H groups in total. The van der Waals surface area contributed by atoms with Crippen LogP contribution in [-0.4, -0.2) is 25.3 Å². The molecule has 4 nitrogen and oxygen atoms in total. The monoisotopic (exact) mass is 280 g/mol. The molecule has 1 heterocycles. The van der Waals surface area contributed by atoms with Crippen LogP contribution < -0.4 is 5.73 Å². The third kappa shape index (κ3) is 2.15. The first-order valence-electron chi connectivity index (χ1n) is 6.97. The predicted molar refractivity (Wildman–Crippen MR) is 75.1 cm³/mol. The Balaban J connectivity index is 1.95. The number of nitrogen functional groups attached to an aromatic ring is 1. The number of hydrogen-bond donors (Lipinski definition) is 1. The highest BCUT2D eigenvalue weighted by atomic mass is 32.2. The number of sulfonamides is 1. The number of para-hydroxylation sites is 1. The zero-order chi connectivity index (χ0) is 13.5. The second-order valence-corrected chi connectivity index (χ2v) is 7.41. The van der Waals surface area contributed by atoms with Gasteiger partial charge in [0.05, 0.1) is 5.69 Å². The Bertz CT molecular complexity index is 571. The Kier molecular flexibility index (Phi) is 3.27. The van der Waals surface area contributed by atoms with E-state index in [0.29, 0.717) is 18.2 Å². The van der Waals surface area contributed by atoms with E-state index in [1.165, 1.54) is 12.8 Å². The molecule has 104 valence electrons. The van der Waals surface area contributed by atoms with Crippen LogP contribution in [0, 0.1) is 5.92 Å². The lowest BCUT2D eigenvalue weighted by Gasteiger charge is -2.31. The van der Waals surface area contributed by atoms with Crippen molar-refractivity contribution in [3.63, 3.8) is 0 Å². The molecule has 0 radical (unpaired) electrons. The van der Waals surface area contributed by atoms with Crippen LogP contribution >= 0.6 is 0 Å². The lowest BCUT2D eigenvalue weighted by atomic mass is 9.86. The van der Waals surface area contributed by atoms with Gasteiger partial charge in [-0.05, 0) is 37.3 Å². The molecule has 0 bridgehead atoms. The number of nitrogens with zero attached hydrogens (tertiary/aromatic N) is 1. The van der Waals surface area contributed by atoms with Gasteiger partial charge in [0, 0.05) is 12.6 Å². The summed E-state index contributed by atoms with van der Waals surface area (Å²) in [6, 6.07) is 6.96. The molecule has 19 heavy (non-hydrogen) atoms. The number of anilines is 1. The Morgan fingerprint density at radius 3 is 2.63 bits per heavy atom. The summed E-state index contributed by atoms with van der Waals surface area (Å²) in [5, 5.41) is 0. The third-order valence-electron chi connectivity index (χ3n) is 4.46. The summed E-state index contributed by atoms with van der Waals surface area (Å²) in [6.07, 6.45) is 5.54. The molecule has 2 atom stereocenters. The zero-order valence-electron chi connectivity index (χ0n) is 11.0. The summed E-state index contributed by atoms with van der Waals surface area (Å²) in [6.45, 7) is 0.645. The first kappa shape index (κ1) is 12.9. The highest BCUT2D eigenvalue weighted by Crippen LogP contribution is 2.39. The molecule has 3 rings (SSSR count). The number of rotatable bonds is 2. The summed E-state index contributed by atoms with van der Waals surface area (Å²) >= 11 is 0. The maximum Gasteiger partial charge on any atom is 0.245 e. The SMILES string of the molecule is Nc1ccccc1S(=O)(=O)N1CCC2CCCCC21. The normalized spacial score (nSPS) is 28.2. The van der Waals surface area contributed by atoms with Gasteiger partial charge in [-0.25, -0.2) is 8.42 Å². The first-order valence-corrected chi connectivity index (χ1v) is 8.41. The molecule has 1 aliphatic heterocycles. The van der Waals surface area contributed by atoms with Crippen LogP contribution in [0.15, 0.2) is 29.2 Å². The molecule has 1 aromatic rings. The van der Waals surface area contributed by atoms with Crippen LogP contribution in [0.1, 0.15) is 32.1 Å². The van der Waals surface area contributed by atoms with Gasteiger partial charge in [0.15, 0.2) is 0 Å². The highest BCUT2D eigenvalue weighted by Gasteiger charge is 2.42. The number of hydrogen-bond acceptors (Lipinski definition) is 3. The largest absolute Gasteiger partial charge is 0.398 e. The highest BCUT2D eigenvalue weighted by molar-refractivity contribution is 7.89. The summed E-state index contributed by atoms with van der Waals surface area (Å²) in [7, 11) is -3.43. The number of fused-ring (bicyclic) bond motifs is 1. The van der Waals surface area contributed by atoms with Gasteiger partial charge >= 0.3 is 0 Å². The zero-order valence-corrected chi connectivity index (χ0v) is 11.8. The fourth-order valence-electron chi connectivity index (χ4n) is 3.50. The Hall–Kier alpha value is -1.07. The lowest BCUT2D eigenvalue weighted by Crippen LogP contribution is -2.39. The van der Waals surface area contributed by atoms with Gasteiger partial charge in [-0.3, -0.25) is 0 Å². The third-order valence-corrected chi connectivity index (χ3v) is 6.46. The van der Waals surface area contributed by atoms with Crippen LogP contribution in [0.2, 0.25) is 0 Å². The Labute approximate surface area is 114 Å². The molecule has 0 spiro atoms. The molecule has 1 saturated carbocycles. The van der Waals surface area contributed by atoms with Crippen molar-refractivity contribution < 1.29 is 8.42 Å². The summed E-state index contributed by atoms with van der Waals surface area (Å²) < 4.78 is 27.2. The van der Waals surface area contributed by atoms with Crippen molar-refractivity contribution in [2.45, 2.75) is 43.0 Å². The van der Waals surface area contributed by atoms with E-state index in [2.05, 4.69) is 0 Å². The Morgan fingerprint density at radius 1 is 1.11 bits per heavy atom. The van der Waals surface area contributed by atoms with Crippen molar-refractivity contribution >= 4 is 15.7 Å². The van der Waals surface area contributed by atoms with Gasteiger partial charge in [0.2, 0.25) is 10.0 Å². The van der Waals surface area contributed by atoms with Crippen LogP contribution in [0.25, 0.3) is 0 Å². The minimum Gasteiger partial charge on any atom is -0.398 e. The van der Waals surface area contributed by atoms with Crippen molar-refractivity contribution in [2.75, 3.05) is 12.3 Å².